The van der Waals surface area contributed by atoms with E-state index in [1.165, 1.54) is 0 Å². The summed E-state index contributed by atoms with van der Waals surface area (Å²) in [5, 5.41) is 10.9. The molecule has 0 spiro atoms. The molecule has 0 bridgehead atoms. The highest BCUT2D eigenvalue weighted by atomic mass is 31.2. The third-order valence-corrected chi connectivity index (χ3v) is 5.32. The first-order valence-electron chi connectivity index (χ1n) is 7.22. The van der Waals surface area contributed by atoms with Crippen LogP contribution < -0.4 is 0 Å². The summed E-state index contributed by atoms with van der Waals surface area (Å²) in [6.45, 7) is 7.77. The molecule has 1 atom stereocenters. The molecule has 1 rings (SSSR count). The second kappa shape index (κ2) is 8.50. The molecule has 1 N–H and O–H groups in total. The highest BCUT2D eigenvalue weighted by Crippen LogP contribution is 2.51. The van der Waals surface area contributed by atoms with Crippen molar-refractivity contribution in [3.63, 3.8) is 0 Å². The first kappa shape index (κ1) is 18.1. The minimum atomic E-state index is -3.31. The Labute approximate surface area is 127 Å². The van der Waals surface area contributed by atoms with E-state index in [0.29, 0.717) is 12.8 Å². The Morgan fingerprint density at radius 3 is 2.29 bits per heavy atom. The van der Waals surface area contributed by atoms with Crippen molar-refractivity contribution in [2.45, 2.75) is 32.3 Å². The van der Waals surface area contributed by atoms with E-state index in [0.717, 1.165) is 5.56 Å². The molecule has 0 aliphatic carbocycles. The van der Waals surface area contributed by atoms with Crippen molar-refractivity contribution >= 4 is 7.60 Å². The van der Waals surface area contributed by atoms with Gasteiger partial charge in [-0.15, -0.1) is 6.58 Å². The summed E-state index contributed by atoms with van der Waals surface area (Å²) < 4.78 is 23.2. The Balaban J connectivity index is 2.92. The van der Waals surface area contributed by atoms with Crippen LogP contribution in [0, 0.1) is 0 Å². The zero-order chi connectivity index (χ0) is 15.8. The minimum absolute atomic E-state index is 0.0391. The van der Waals surface area contributed by atoms with Crippen LogP contribution in [0.4, 0.5) is 0 Å². The topological polar surface area (TPSA) is 55.8 Å². The van der Waals surface area contributed by atoms with Crippen molar-refractivity contribution in [3.8, 4) is 0 Å². The van der Waals surface area contributed by atoms with Crippen LogP contribution in [0.1, 0.15) is 25.8 Å². The van der Waals surface area contributed by atoms with E-state index in [4.69, 9.17) is 9.05 Å². The van der Waals surface area contributed by atoms with Crippen molar-refractivity contribution in [2.75, 3.05) is 19.4 Å². The summed E-state index contributed by atoms with van der Waals surface area (Å²) in [5.41, 5.74) is -0.218. The summed E-state index contributed by atoms with van der Waals surface area (Å²) in [5.74, 6) is 0. The Hall–Kier alpha value is -0.930. The molecule has 1 aromatic carbocycles. The number of hydrogen-bond acceptors (Lipinski definition) is 4. The second-order valence-corrected chi connectivity index (χ2v) is 7.04. The van der Waals surface area contributed by atoms with Crippen LogP contribution in [0.3, 0.4) is 0 Å². The normalized spacial score (nSPS) is 14.6. The van der Waals surface area contributed by atoms with Gasteiger partial charge in [0.2, 0.25) is 0 Å². The van der Waals surface area contributed by atoms with Gasteiger partial charge in [0.15, 0.2) is 0 Å². The lowest BCUT2D eigenvalue weighted by molar-refractivity contribution is 0.0578. The summed E-state index contributed by atoms with van der Waals surface area (Å²) in [6.07, 6.45) is 2.30. The van der Waals surface area contributed by atoms with Crippen LogP contribution in [0.2, 0.25) is 0 Å². The zero-order valence-corrected chi connectivity index (χ0v) is 13.7. The van der Waals surface area contributed by atoms with E-state index in [-0.39, 0.29) is 19.4 Å². The van der Waals surface area contributed by atoms with Crippen molar-refractivity contribution in [3.05, 3.63) is 48.6 Å². The third-order valence-electron chi connectivity index (χ3n) is 3.04. The quantitative estimate of drug-likeness (QED) is 0.527. The smallest absolute Gasteiger partial charge is 0.333 e. The zero-order valence-electron chi connectivity index (χ0n) is 12.8. The van der Waals surface area contributed by atoms with E-state index >= 15 is 0 Å². The van der Waals surface area contributed by atoms with Gasteiger partial charge in [-0.25, -0.2) is 0 Å². The highest BCUT2D eigenvalue weighted by Gasteiger charge is 2.37. The molecular weight excluding hydrogens is 287 g/mol. The first-order valence-corrected chi connectivity index (χ1v) is 8.95. The number of hydrogen-bond donors (Lipinski definition) is 1. The lowest BCUT2D eigenvalue weighted by atomic mass is 9.93. The predicted octanol–water partition coefficient (Wildman–Crippen LogP) is 3.80. The summed E-state index contributed by atoms with van der Waals surface area (Å²) in [4.78, 5) is 0. The van der Waals surface area contributed by atoms with Crippen LogP contribution in [0.25, 0.3) is 0 Å². The number of aliphatic hydroxyl groups is 1. The molecule has 118 valence electrons. The monoisotopic (exact) mass is 312 g/mol. The van der Waals surface area contributed by atoms with Crippen LogP contribution >= 0.6 is 7.60 Å². The molecule has 4 nitrogen and oxygen atoms in total. The van der Waals surface area contributed by atoms with E-state index in [1.807, 2.05) is 30.3 Å². The van der Waals surface area contributed by atoms with Gasteiger partial charge in [0, 0.05) is 6.42 Å². The molecule has 0 aliphatic rings. The molecule has 0 fully saturated rings. The average Bonchev–Trinajstić information content (AvgIpc) is 2.39. The van der Waals surface area contributed by atoms with Gasteiger partial charge in [0.1, 0.15) is 0 Å². The molecular formula is C16H25O4P. The maximum Gasteiger partial charge on any atom is 0.333 e. The summed E-state index contributed by atoms with van der Waals surface area (Å²) in [6, 6.07) is 9.60. The average molecular weight is 312 g/mol. The third kappa shape index (κ3) is 6.15. The largest absolute Gasteiger partial charge is 0.389 e. The molecule has 1 aromatic rings. The van der Waals surface area contributed by atoms with Crippen molar-refractivity contribution in [2.24, 2.45) is 0 Å². The van der Waals surface area contributed by atoms with Gasteiger partial charge in [-0.05, 0) is 25.8 Å². The standard InChI is InChI=1S/C16H25O4P/c1-4-12-16(17,13-15-10-8-7-9-11-15)14-21(18,19-5-2)20-6-3/h4,7-11,17H,1,5-6,12-14H2,2-3H3. The van der Waals surface area contributed by atoms with Crippen molar-refractivity contribution in [1.82, 2.24) is 0 Å². The molecule has 0 aromatic heterocycles. The van der Waals surface area contributed by atoms with Crippen LogP contribution in [0.15, 0.2) is 43.0 Å². The molecule has 0 heterocycles. The van der Waals surface area contributed by atoms with E-state index in [1.54, 1.807) is 19.9 Å². The Morgan fingerprint density at radius 1 is 1.24 bits per heavy atom. The first-order chi connectivity index (χ1) is 9.97. The molecule has 0 radical (unpaired) electrons. The van der Waals surface area contributed by atoms with Gasteiger partial charge in [0.05, 0.1) is 25.0 Å². The Kier molecular flexibility index (Phi) is 7.33. The summed E-state index contributed by atoms with van der Waals surface area (Å²) in [7, 11) is -3.31. The van der Waals surface area contributed by atoms with Gasteiger partial charge in [-0.3, -0.25) is 4.57 Å². The highest BCUT2D eigenvalue weighted by molar-refractivity contribution is 7.53. The second-order valence-electron chi connectivity index (χ2n) is 4.98. The Morgan fingerprint density at radius 2 is 1.81 bits per heavy atom. The van der Waals surface area contributed by atoms with Crippen molar-refractivity contribution < 1.29 is 18.7 Å². The van der Waals surface area contributed by atoms with Crippen LogP contribution in [-0.4, -0.2) is 30.1 Å². The van der Waals surface area contributed by atoms with Gasteiger partial charge in [-0.1, -0.05) is 36.4 Å². The van der Waals surface area contributed by atoms with Gasteiger partial charge in [0.25, 0.3) is 0 Å². The molecule has 0 saturated heterocycles. The van der Waals surface area contributed by atoms with Crippen LogP contribution in [0.5, 0.6) is 0 Å². The van der Waals surface area contributed by atoms with E-state index in [2.05, 4.69) is 6.58 Å². The maximum atomic E-state index is 12.7. The summed E-state index contributed by atoms with van der Waals surface area (Å²) >= 11 is 0. The number of rotatable bonds is 10. The minimum Gasteiger partial charge on any atom is -0.389 e. The molecule has 5 heteroatoms. The Bertz CT molecular complexity index is 464. The fourth-order valence-electron chi connectivity index (χ4n) is 2.32. The van der Waals surface area contributed by atoms with Gasteiger partial charge < -0.3 is 14.2 Å². The molecule has 0 aliphatic heterocycles. The SMILES string of the molecule is C=CCC(O)(Cc1ccccc1)CP(=O)(OCC)OCC. The maximum absolute atomic E-state index is 12.7. The predicted molar refractivity (Wildman–Crippen MR) is 85.6 cm³/mol. The van der Waals surface area contributed by atoms with Gasteiger partial charge >= 0.3 is 7.60 Å². The lowest BCUT2D eigenvalue weighted by Crippen LogP contribution is -2.36. The molecule has 21 heavy (non-hydrogen) atoms. The fourth-order valence-corrected chi connectivity index (χ4v) is 4.33. The van der Waals surface area contributed by atoms with E-state index in [9.17, 15) is 9.67 Å². The molecule has 0 saturated carbocycles. The molecule has 0 amide bonds. The van der Waals surface area contributed by atoms with Crippen LogP contribution in [-0.2, 0) is 20.0 Å². The molecule has 1 unspecified atom stereocenters. The number of benzene rings is 1. The van der Waals surface area contributed by atoms with E-state index < -0.39 is 13.2 Å². The van der Waals surface area contributed by atoms with Crippen molar-refractivity contribution in [1.29, 1.82) is 0 Å². The van der Waals surface area contributed by atoms with Gasteiger partial charge in [-0.2, -0.15) is 0 Å². The lowest BCUT2D eigenvalue weighted by Gasteiger charge is -2.30. The fraction of sp³-hybridized carbons (Fsp3) is 0.500.